The standard InChI is InChI=1S/C19H30N2O/c22-19(17-18-11-5-3-6-12-18)20-13-7-4-10-16-21-14-8-1-2-9-15-21/h3,5-6,11-12H,1-2,4,7-10,13-17H2,(H,20,22). The van der Waals surface area contributed by atoms with Crippen molar-refractivity contribution >= 4 is 5.91 Å². The number of carbonyl (C=O) groups excluding carboxylic acids is 1. The molecule has 1 saturated heterocycles. The molecule has 1 heterocycles. The first-order valence-electron chi connectivity index (χ1n) is 8.87. The van der Waals surface area contributed by atoms with Crippen LogP contribution in [0.25, 0.3) is 0 Å². The largest absolute Gasteiger partial charge is 0.356 e. The lowest BCUT2D eigenvalue weighted by atomic mass is 10.1. The van der Waals surface area contributed by atoms with Gasteiger partial charge in [-0.25, -0.2) is 0 Å². The van der Waals surface area contributed by atoms with Crippen LogP contribution >= 0.6 is 0 Å². The maximum absolute atomic E-state index is 11.8. The Bertz CT molecular complexity index is 411. The van der Waals surface area contributed by atoms with Crippen molar-refractivity contribution in [3.63, 3.8) is 0 Å². The molecular weight excluding hydrogens is 272 g/mol. The Labute approximate surface area is 135 Å². The molecule has 22 heavy (non-hydrogen) atoms. The quantitative estimate of drug-likeness (QED) is 0.747. The number of nitrogens with one attached hydrogen (secondary N) is 1. The molecule has 1 aliphatic rings. The van der Waals surface area contributed by atoms with Gasteiger partial charge >= 0.3 is 0 Å². The molecule has 1 aromatic carbocycles. The normalized spacial score (nSPS) is 16.2. The summed E-state index contributed by atoms with van der Waals surface area (Å²) in [4.78, 5) is 14.4. The molecule has 0 bridgehead atoms. The summed E-state index contributed by atoms with van der Waals surface area (Å²) >= 11 is 0. The zero-order chi connectivity index (χ0) is 15.5. The molecule has 2 rings (SSSR count). The third-order valence-corrected chi connectivity index (χ3v) is 4.38. The number of carbonyl (C=O) groups is 1. The van der Waals surface area contributed by atoms with Crippen LogP contribution in [0.4, 0.5) is 0 Å². The average Bonchev–Trinajstić information content (AvgIpc) is 2.80. The van der Waals surface area contributed by atoms with Gasteiger partial charge in [0.25, 0.3) is 0 Å². The summed E-state index contributed by atoms with van der Waals surface area (Å²) in [6.07, 6.45) is 9.61. The third-order valence-electron chi connectivity index (χ3n) is 4.38. The number of hydrogen-bond donors (Lipinski definition) is 1. The van der Waals surface area contributed by atoms with Crippen LogP contribution in [0.5, 0.6) is 0 Å². The number of rotatable bonds is 8. The Morgan fingerprint density at radius 3 is 2.41 bits per heavy atom. The highest BCUT2D eigenvalue weighted by Gasteiger charge is 2.08. The molecule has 1 amide bonds. The molecular formula is C19H30N2O. The van der Waals surface area contributed by atoms with E-state index in [1.807, 2.05) is 30.3 Å². The van der Waals surface area contributed by atoms with Crippen molar-refractivity contribution < 1.29 is 4.79 Å². The predicted molar refractivity (Wildman–Crippen MR) is 91.9 cm³/mol. The minimum absolute atomic E-state index is 0.138. The van der Waals surface area contributed by atoms with E-state index in [1.165, 1.54) is 58.2 Å². The molecule has 1 N–H and O–H groups in total. The Morgan fingerprint density at radius 1 is 0.955 bits per heavy atom. The molecule has 1 fully saturated rings. The average molecular weight is 302 g/mol. The van der Waals surface area contributed by atoms with Gasteiger partial charge < -0.3 is 10.2 Å². The summed E-state index contributed by atoms with van der Waals surface area (Å²) in [6, 6.07) is 9.93. The van der Waals surface area contributed by atoms with Crippen molar-refractivity contribution in [2.75, 3.05) is 26.2 Å². The van der Waals surface area contributed by atoms with Crippen LogP contribution in [-0.4, -0.2) is 37.0 Å². The van der Waals surface area contributed by atoms with E-state index in [1.54, 1.807) is 0 Å². The van der Waals surface area contributed by atoms with E-state index in [2.05, 4.69) is 10.2 Å². The van der Waals surface area contributed by atoms with Gasteiger partial charge in [0.05, 0.1) is 6.42 Å². The van der Waals surface area contributed by atoms with Crippen molar-refractivity contribution in [3.8, 4) is 0 Å². The molecule has 0 atom stereocenters. The van der Waals surface area contributed by atoms with E-state index in [0.29, 0.717) is 6.42 Å². The predicted octanol–water partition coefficient (Wildman–Crippen LogP) is 3.39. The molecule has 1 aliphatic heterocycles. The Morgan fingerprint density at radius 2 is 1.68 bits per heavy atom. The second-order valence-electron chi connectivity index (χ2n) is 6.33. The number of amides is 1. The zero-order valence-electron chi connectivity index (χ0n) is 13.7. The van der Waals surface area contributed by atoms with Gasteiger partial charge in [-0.15, -0.1) is 0 Å². The third kappa shape index (κ3) is 7.08. The van der Waals surface area contributed by atoms with Gasteiger partial charge in [-0.2, -0.15) is 0 Å². The highest BCUT2D eigenvalue weighted by molar-refractivity contribution is 5.78. The van der Waals surface area contributed by atoms with E-state index in [-0.39, 0.29) is 5.91 Å². The van der Waals surface area contributed by atoms with E-state index in [4.69, 9.17) is 0 Å². The number of nitrogens with zero attached hydrogens (tertiary/aromatic N) is 1. The Balaban J connectivity index is 1.47. The van der Waals surface area contributed by atoms with Crippen molar-refractivity contribution in [1.29, 1.82) is 0 Å². The van der Waals surface area contributed by atoms with Gasteiger partial charge in [0, 0.05) is 6.54 Å². The first kappa shape index (κ1) is 17.0. The van der Waals surface area contributed by atoms with Crippen LogP contribution in [0.2, 0.25) is 0 Å². The Hall–Kier alpha value is -1.35. The van der Waals surface area contributed by atoms with Gasteiger partial charge in [-0.3, -0.25) is 4.79 Å². The minimum atomic E-state index is 0.138. The number of unbranched alkanes of at least 4 members (excludes halogenated alkanes) is 2. The first-order chi connectivity index (χ1) is 10.8. The highest BCUT2D eigenvalue weighted by atomic mass is 16.1. The molecule has 0 unspecified atom stereocenters. The van der Waals surface area contributed by atoms with Crippen molar-refractivity contribution in [2.45, 2.75) is 51.4 Å². The van der Waals surface area contributed by atoms with E-state index in [0.717, 1.165) is 18.5 Å². The molecule has 0 aromatic heterocycles. The van der Waals surface area contributed by atoms with Crippen LogP contribution in [0.15, 0.2) is 30.3 Å². The van der Waals surface area contributed by atoms with Crippen molar-refractivity contribution in [2.24, 2.45) is 0 Å². The monoisotopic (exact) mass is 302 g/mol. The van der Waals surface area contributed by atoms with Crippen LogP contribution < -0.4 is 5.32 Å². The minimum Gasteiger partial charge on any atom is -0.356 e. The molecule has 3 heteroatoms. The molecule has 0 radical (unpaired) electrons. The van der Waals surface area contributed by atoms with Gasteiger partial charge in [0.15, 0.2) is 0 Å². The number of hydrogen-bond acceptors (Lipinski definition) is 2. The molecule has 0 spiro atoms. The SMILES string of the molecule is O=C(Cc1ccccc1)NCCCCCN1CCCCCC1. The second kappa shape index (κ2) is 10.4. The fourth-order valence-electron chi connectivity index (χ4n) is 3.07. The molecule has 1 aromatic rings. The van der Waals surface area contributed by atoms with Crippen LogP contribution in [-0.2, 0) is 11.2 Å². The maximum atomic E-state index is 11.8. The van der Waals surface area contributed by atoms with Gasteiger partial charge in [0.2, 0.25) is 5.91 Å². The summed E-state index contributed by atoms with van der Waals surface area (Å²) in [5.74, 6) is 0.138. The van der Waals surface area contributed by atoms with Crippen LogP contribution in [0, 0.1) is 0 Å². The fourth-order valence-corrected chi connectivity index (χ4v) is 3.07. The van der Waals surface area contributed by atoms with E-state index >= 15 is 0 Å². The number of likely N-dealkylation sites (tertiary alicyclic amines) is 1. The van der Waals surface area contributed by atoms with Crippen molar-refractivity contribution in [1.82, 2.24) is 10.2 Å². The van der Waals surface area contributed by atoms with E-state index in [9.17, 15) is 4.79 Å². The summed E-state index contributed by atoms with van der Waals surface area (Å²) in [5.41, 5.74) is 1.08. The van der Waals surface area contributed by atoms with Crippen LogP contribution in [0.1, 0.15) is 50.5 Å². The number of benzene rings is 1. The summed E-state index contributed by atoms with van der Waals surface area (Å²) < 4.78 is 0. The first-order valence-corrected chi connectivity index (χ1v) is 8.87. The summed E-state index contributed by atoms with van der Waals surface area (Å²) in [7, 11) is 0. The van der Waals surface area contributed by atoms with Gasteiger partial charge in [0.1, 0.15) is 0 Å². The molecule has 3 nitrogen and oxygen atoms in total. The lowest BCUT2D eigenvalue weighted by molar-refractivity contribution is -0.120. The fraction of sp³-hybridized carbons (Fsp3) is 0.632. The molecule has 122 valence electrons. The van der Waals surface area contributed by atoms with E-state index < -0.39 is 0 Å². The van der Waals surface area contributed by atoms with Crippen LogP contribution in [0.3, 0.4) is 0 Å². The molecule has 0 aliphatic carbocycles. The molecule has 0 saturated carbocycles. The zero-order valence-corrected chi connectivity index (χ0v) is 13.7. The lowest BCUT2D eigenvalue weighted by Gasteiger charge is -2.19. The maximum Gasteiger partial charge on any atom is 0.224 e. The summed E-state index contributed by atoms with van der Waals surface area (Å²) in [6.45, 7) is 4.62. The van der Waals surface area contributed by atoms with Crippen molar-refractivity contribution in [3.05, 3.63) is 35.9 Å². The summed E-state index contributed by atoms with van der Waals surface area (Å²) in [5, 5.41) is 3.03. The topological polar surface area (TPSA) is 32.3 Å². The van der Waals surface area contributed by atoms with Gasteiger partial charge in [-0.1, -0.05) is 49.6 Å². The smallest absolute Gasteiger partial charge is 0.224 e. The van der Waals surface area contributed by atoms with Gasteiger partial charge in [-0.05, 0) is 50.9 Å². The Kier molecular flexibility index (Phi) is 8.03. The highest BCUT2D eigenvalue weighted by Crippen LogP contribution is 2.10. The second-order valence-corrected chi connectivity index (χ2v) is 6.33. The lowest BCUT2D eigenvalue weighted by Crippen LogP contribution is -2.27.